The molecule has 0 aliphatic carbocycles. The van der Waals surface area contributed by atoms with Gasteiger partial charge in [-0.25, -0.2) is 4.79 Å². The van der Waals surface area contributed by atoms with E-state index in [0.717, 1.165) is 5.56 Å². The van der Waals surface area contributed by atoms with E-state index in [1.54, 1.807) is 18.3 Å². The molecule has 0 saturated carbocycles. The topological polar surface area (TPSA) is 53.8 Å². The number of nitrogens with one attached hydrogen (secondary N) is 1. The number of methoxy groups -OCH3 is 1. The molecule has 1 aromatic rings. The Hall–Kier alpha value is -1.65. The number of carbonyl (C=O) groups excluding carboxylic acids is 1. The van der Waals surface area contributed by atoms with Gasteiger partial charge >= 0.3 is 5.97 Å². The van der Waals surface area contributed by atoms with Gasteiger partial charge in [0.2, 0.25) is 0 Å². The molecule has 2 rings (SSSR count). The van der Waals surface area contributed by atoms with Gasteiger partial charge in [-0.3, -0.25) is 0 Å². The molecule has 0 radical (unpaired) electrons. The third-order valence-electron chi connectivity index (χ3n) is 3.28. The van der Waals surface area contributed by atoms with E-state index in [9.17, 15) is 10.0 Å². The van der Waals surface area contributed by atoms with Crippen LogP contribution < -0.4 is 5.06 Å². The molecule has 1 heterocycles. The molecule has 1 aliphatic heterocycles. The molecule has 2 unspecified atom stereocenters. The molecule has 90 valence electrons. The summed E-state index contributed by atoms with van der Waals surface area (Å²) in [6.07, 6.45) is 4.22. The van der Waals surface area contributed by atoms with E-state index in [0.29, 0.717) is 12.0 Å². The molecule has 0 fully saturated rings. The number of hydroxylamine groups is 2. The van der Waals surface area contributed by atoms with Gasteiger partial charge in [-0.1, -0.05) is 12.1 Å². The van der Waals surface area contributed by atoms with Gasteiger partial charge in [-0.05, 0) is 25.1 Å². The molecular weight excluding hydrogens is 218 g/mol. The van der Waals surface area contributed by atoms with Crippen molar-refractivity contribution in [2.75, 3.05) is 7.11 Å². The van der Waals surface area contributed by atoms with Gasteiger partial charge in [0.25, 0.3) is 0 Å². The van der Waals surface area contributed by atoms with Crippen molar-refractivity contribution in [2.24, 2.45) is 0 Å². The Morgan fingerprint density at radius 2 is 2.06 bits per heavy atom. The lowest BCUT2D eigenvalue weighted by atomic mass is 9.90. The number of quaternary nitrogens is 1. The number of hydrogen-bond donors (Lipinski definition) is 1. The first-order valence-corrected chi connectivity index (χ1v) is 5.48. The lowest BCUT2D eigenvalue weighted by Gasteiger charge is -2.34. The van der Waals surface area contributed by atoms with E-state index < -0.39 is 5.54 Å². The normalized spacial score (nSPS) is 27.1. The number of hydrogen-bond acceptors (Lipinski definition) is 3. The van der Waals surface area contributed by atoms with Crippen molar-refractivity contribution in [2.45, 2.75) is 18.9 Å². The van der Waals surface area contributed by atoms with Crippen molar-refractivity contribution in [3.8, 4) is 0 Å². The first-order valence-electron chi connectivity index (χ1n) is 5.48. The summed E-state index contributed by atoms with van der Waals surface area (Å²) in [7, 11) is 1.35. The first-order chi connectivity index (χ1) is 8.08. The molecule has 1 aromatic carbocycles. The van der Waals surface area contributed by atoms with Gasteiger partial charge in [-0.15, -0.1) is 0 Å². The van der Waals surface area contributed by atoms with Crippen LogP contribution in [0.2, 0.25) is 0 Å². The third kappa shape index (κ3) is 1.97. The summed E-state index contributed by atoms with van der Waals surface area (Å²) < 4.78 is 4.63. The van der Waals surface area contributed by atoms with E-state index >= 15 is 0 Å². The van der Waals surface area contributed by atoms with Crippen molar-refractivity contribution in [1.29, 1.82) is 0 Å². The van der Waals surface area contributed by atoms with Crippen LogP contribution in [0.4, 0.5) is 0 Å². The second-order valence-electron chi connectivity index (χ2n) is 4.37. The summed E-state index contributed by atoms with van der Waals surface area (Å²) in [5.41, 5.74) is 0.952. The maximum atomic E-state index is 11.8. The summed E-state index contributed by atoms with van der Waals surface area (Å²) in [6.45, 7) is 1.92. The van der Waals surface area contributed by atoms with Crippen LogP contribution in [-0.4, -0.2) is 13.1 Å². The highest BCUT2D eigenvalue weighted by Crippen LogP contribution is 2.25. The molecule has 0 bridgehead atoms. The molecule has 1 aliphatic rings. The maximum absolute atomic E-state index is 11.8. The maximum Gasteiger partial charge on any atom is 0.337 e. The fraction of sp³-hybridized carbons (Fsp3) is 0.308. The van der Waals surface area contributed by atoms with E-state index in [1.807, 2.05) is 25.1 Å². The molecule has 0 amide bonds. The van der Waals surface area contributed by atoms with Gasteiger partial charge in [0.05, 0.1) is 18.9 Å². The molecule has 1 N–H and O–H groups in total. The van der Waals surface area contributed by atoms with Crippen LogP contribution in [0.1, 0.15) is 29.3 Å². The zero-order valence-corrected chi connectivity index (χ0v) is 9.90. The minimum absolute atomic E-state index is 0.114. The van der Waals surface area contributed by atoms with Gasteiger partial charge in [0, 0.05) is 12.0 Å². The summed E-state index contributed by atoms with van der Waals surface area (Å²) in [4.78, 5) is 11.3. The first kappa shape index (κ1) is 11.8. The average Bonchev–Trinajstić information content (AvgIpc) is 2.70. The minimum atomic E-state index is -0.478. The standard InChI is InChI=1S/C13H15NO3/c1-13(8-3-9-14(13)16)11-6-4-10(5-7-11)12(15)17-2/h3-7,9,14H,8H2,1-2H3. The van der Waals surface area contributed by atoms with Crippen LogP contribution >= 0.6 is 0 Å². The number of rotatable bonds is 2. The smallest absolute Gasteiger partial charge is 0.337 e. The van der Waals surface area contributed by atoms with E-state index in [1.165, 1.54) is 7.11 Å². The Labute approximate surface area is 100 Å². The molecule has 0 saturated heterocycles. The van der Waals surface area contributed by atoms with Crippen molar-refractivity contribution < 1.29 is 14.6 Å². The number of carbonyl (C=O) groups is 1. The molecule has 2 atom stereocenters. The van der Waals surface area contributed by atoms with E-state index in [4.69, 9.17) is 0 Å². The molecule has 4 nitrogen and oxygen atoms in total. The predicted octanol–water partition coefficient (Wildman–Crippen LogP) is 0.988. The Kier molecular flexibility index (Phi) is 3.00. The zero-order valence-electron chi connectivity index (χ0n) is 9.90. The van der Waals surface area contributed by atoms with Gasteiger partial charge in [0.15, 0.2) is 0 Å². The van der Waals surface area contributed by atoms with Crippen LogP contribution in [0.5, 0.6) is 0 Å². The fourth-order valence-electron chi connectivity index (χ4n) is 2.04. The number of esters is 1. The SMILES string of the molecule is COC(=O)c1ccc(C2(C)CC=C[NH+]2[O-])cc1. The monoisotopic (exact) mass is 233 g/mol. The Bertz CT molecular complexity index is 452. The molecular formula is C13H15NO3. The van der Waals surface area contributed by atoms with E-state index in [-0.39, 0.29) is 11.0 Å². The molecule has 0 spiro atoms. The lowest BCUT2D eigenvalue weighted by Crippen LogP contribution is -3.08. The average molecular weight is 233 g/mol. The second-order valence-corrected chi connectivity index (χ2v) is 4.37. The van der Waals surface area contributed by atoms with Crippen LogP contribution in [0.25, 0.3) is 0 Å². The second kappa shape index (κ2) is 4.31. The number of benzene rings is 1. The fourth-order valence-corrected chi connectivity index (χ4v) is 2.04. The summed E-state index contributed by atoms with van der Waals surface area (Å²) >= 11 is 0. The largest absolute Gasteiger partial charge is 0.629 e. The van der Waals surface area contributed by atoms with Crippen molar-refractivity contribution >= 4 is 5.97 Å². The summed E-state index contributed by atoms with van der Waals surface area (Å²) in [5, 5.41) is 11.9. The van der Waals surface area contributed by atoms with Gasteiger partial charge < -0.3 is 15.0 Å². The minimum Gasteiger partial charge on any atom is -0.629 e. The quantitative estimate of drug-likeness (QED) is 0.612. The third-order valence-corrected chi connectivity index (χ3v) is 3.28. The van der Waals surface area contributed by atoms with Gasteiger partial charge in [-0.2, -0.15) is 0 Å². The summed E-state index contributed by atoms with van der Waals surface area (Å²) in [5.74, 6) is -0.363. The van der Waals surface area contributed by atoms with Crippen LogP contribution in [0, 0.1) is 5.21 Å². The molecule has 17 heavy (non-hydrogen) atoms. The van der Waals surface area contributed by atoms with Crippen molar-refractivity contribution in [1.82, 2.24) is 0 Å². The zero-order chi connectivity index (χ0) is 12.5. The molecule has 0 aromatic heterocycles. The Morgan fingerprint density at radius 3 is 2.53 bits per heavy atom. The number of ether oxygens (including phenoxy) is 1. The van der Waals surface area contributed by atoms with Crippen molar-refractivity contribution in [3.63, 3.8) is 0 Å². The summed E-state index contributed by atoms with van der Waals surface area (Å²) in [6, 6.07) is 7.02. The van der Waals surface area contributed by atoms with Crippen LogP contribution in [-0.2, 0) is 10.3 Å². The van der Waals surface area contributed by atoms with Gasteiger partial charge in [0.1, 0.15) is 5.54 Å². The Morgan fingerprint density at radius 1 is 1.41 bits per heavy atom. The highest BCUT2D eigenvalue weighted by molar-refractivity contribution is 5.89. The Balaban J connectivity index is 2.27. The predicted molar refractivity (Wildman–Crippen MR) is 63.2 cm³/mol. The molecule has 4 heteroatoms. The highest BCUT2D eigenvalue weighted by Gasteiger charge is 2.35. The highest BCUT2D eigenvalue weighted by atomic mass is 16.5. The van der Waals surface area contributed by atoms with Crippen molar-refractivity contribution in [3.05, 3.63) is 52.9 Å². The van der Waals surface area contributed by atoms with E-state index in [2.05, 4.69) is 4.74 Å². The lowest BCUT2D eigenvalue weighted by molar-refractivity contribution is -0.853. The van der Waals surface area contributed by atoms with Crippen LogP contribution in [0.15, 0.2) is 36.5 Å². The van der Waals surface area contributed by atoms with Crippen LogP contribution in [0.3, 0.4) is 0 Å².